The van der Waals surface area contributed by atoms with Gasteiger partial charge in [0.25, 0.3) is 0 Å². The molecule has 0 aliphatic carbocycles. The Kier molecular flexibility index (Phi) is 4.12. The summed E-state index contributed by atoms with van der Waals surface area (Å²) in [6.07, 6.45) is 3.62. The third-order valence-corrected chi connectivity index (χ3v) is 3.47. The first-order chi connectivity index (χ1) is 8.42. The number of hydrogen-bond acceptors (Lipinski definition) is 3. The van der Waals surface area contributed by atoms with Crippen LogP contribution in [0.3, 0.4) is 0 Å². The number of anilines is 2. The predicted octanol–water partition coefficient (Wildman–Crippen LogP) is 3.29. The second kappa shape index (κ2) is 5.61. The molecule has 0 atom stereocenters. The zero-order chi connectivity index (χ0) is 11.7. The number of hydrogen-bond donors (Lipinski definition) is 0. The van der Waals surface area contributed by atoms with Gasteiger partial charge in [-0.1, -0.05) is 25.5 Å². The molecule has 0 amide bonds. The molecule has 0 unspecified atom stereocenters. The van der Waals surface area contributed by atoms with Crippen molar-refractivity contribution in [2.45, 2.75) is 26.2 Å². The lowest BCUT2D eigenvalue weighted by Gasteiger charge is -2.26. The van der Waals surface area contributed by atoms with Gasteiger partial charge in [-0.3, -0.25) is 4.99 Å². The van der Waals surface area contributed by atoms with Gasteiger partial charge in [0, 0.05) is 19.6 Å². The second-order valence-corrected chi connectivity index (χ2v) is 4.68. The molecule has 4 heteroatoms. The lowest BCUT2D eigenvalue weighted by molar-refractivity contribution is 0.763. The summed E-state index contributed by atoms with van der Waals surface area (Å²) in [5.74, 6) is 1.17. The van der Waals surface area contributed by atoms with E-state index in [2.05, 4.69) is 41.0 Å². The highest BCUT2D eigenvalue weighted by Crippen LogP contribution is 2.38. The Morgan fingerprint density at radius 1 is 1.22 bits per heavy atom. The summed E-state index contributed by atoms with van der Waals surface area (Å²) in [4.78, 5) is 9.47. The first kappa shape index (κ1) is 13.2. The normalized spacial score (nSPS) is 16.8. The van der Waals surface area contributed by atoms with Crippen LogP contribution in [0, 0.1) is 0 Å². The summed E-state index contributed by atoms with van der Waals surface area (Å²) in [5, 5.41) is 0. The fourth-order valence-corrected chi connectivity index (χ4v) is 2.62. The fraction of sp³-hybridized carbons (Fsp3) is 0.500. The summed E-state index contributed by atoms with van der Waals surface area (Å²) < 4.78 is 0. The van der Waals surface area contributed by atoms with Crippen LogP contribution in [0.2, 0.25) is 0 Å². The number of aliphatic imine (C=N–C) groups is 1. The molecule has 0 saturated carbocycles. The average Bonchev–Trinajstić information content (AvgIpc) is 2.71. The van der Waals surface area contributed by atoms with Crippen LogP contribution in [-0.2, 0) is 0 Å². The minimum Gasteiger partial charge on any atom is -0.310 e. The van der Waals surface area contributed by atoms with Crippen LogP contribution in [0.25, 0.3) is 0 Å². The first-order valence-electron chi connectivity index (χ1n) is 6.60. The maximum Gasteiger partial charge on any atom is 0.205 e. The Hall–Kier alpha value is -1.22. The first-order valence-corrected chi connectivity index (χ1v) is 6.60. The molecule has 0 fully saturated rings. The van der Waals surface area contributed by atoms with E-state index in [0.717, 1.165) is 19.6 Å². The summed E-state index contributed by atoms with van der Waals surface area (Å²) in [5.41, 5.74) is 2.67. The number of benzene rings is 1. The molecule has 2 aliphatic heterocycles. The Bertz CT molecular complexity index is 444. The zero-order valence-corrected chi connectivity index (χ0v) is 11.6. The van der Waals surface area contributed by atoms with Crippen LogP contribution in [0.15, 0.2) is 29.3 Å². The SMILES string of the molecule is CCCCN1C2=NCCCN2c2ccccc21.Cl. The number of rotatable bonds is 3. The molecule has 2 aliphatic rings. The van der Waals surface area contributed by atoms with E-state index in [9.17, 15) is 0 Å². The van der Waals surface area contributed by atoms with E-state index in [1.165, 1.54) is 36.6 Å². The van der Waals surface area contributed by atoms with Crippen LogP contribution in [-0.4, -0.2) is 25.6 Å². The van der Waals surface area contributed by atoms with Crippen molar-refractivity contribution in [2.75, 3.05) is 29.4 Å². The molecule has 0 N–H and O–H groups in total. The molecule has 1 aromatic rings. The van der Waals surface area contributed by atoms with Crippen LogP contribution < -0.4 is 9.80 Å². The minimum atomic E-state index is 0. The van der Waals surface area contributed by atoms with E-state index < -0.39 is 0 Å². The van der Waals surface area contributed by atoms with Gasteiger partial charge in [-0.15, -0.1) is 12.4 Å². The van der Waals surface area contributed by atoms with Crippen molar-refractivity contribution in [1.82, 2.24) is 0 Å². The summed E-state index contributed by atoms with van der Waals surface area (Å²) in [7, 11) is 0. The molecule has 0 aromatic heterocycles. The zero-order valence-electron chi connectivity index (χ0n) is 10.8. The highest BCUT2D eigenvalue weighted by atomic mass is 35.5. The molecule has 18 heavy (non-hydrogen) atoms. The van der Waals surface area contributed by atoms with Crippen LogP contribution in [0.4, 0.5) is 11.4 Å². The van der Waals surface area contributed by atoms with Crippen molar-refractivity contribution in [2.24, 2.45) is 4.99 Å². The molecule has 0 bridgehead atoms. The molecule has 0 radical (unpaired) electrons. The number of para-hydroxylation sites is 2. The molecule has 0 saturated heterocycles. The van der Waals surface area contributed by atoms with Crippen LogP contribution in [0.5, 0.6) is 0 Å². The molecule has 3 rings (SSSR count). The van der Waals surface area contributed by atoms with Gasteiger partial charge in [0.1, 0.15) is 0 Å². The number of guanidine groups is 1. The lowest BCUT2D eigenvalue weighted by Crippen LogP contribution is -2.42. The number of unbranched alkanes of at least 4 members (excludes halogenated alkanes) is 1. The number of nitrogens with zero attached hydrogens (tertiary/aromatic N) is 3. The van der Waals surface area contributed by atoms with Gasteiger partial charge in [-0.2, -0.15) is 0 Å². The predicted molar refractivity (Wildman–Crippen MR) is 80.2 cm³/mol. The molecular formula is C14H20ClN3. The largest absolute Gasteiger partial charge is 0.310 e. The number of halogens is 1. The molecular weight excluding hydrogens is 246 g/mol. The Labute approximate surface area is 115 Å². The van der Waals surface area contributed by atoms with E-state index in [-0.39, 0.29) is 12.4 Å². The quantitative estimate of drug-likeness (QED) is 0.835. The summed E-state index contributed by atoms with van der Waals surface area (Å²) in [6.45, 7) is 5.41. The van der Waals surface area contributed by atoms with Crippen molar-refractivity contribution in [1.29, 1.82) is 0 Å². The monoisotopic (exact) mass is 265 g/mol. The van der Waals surface area contributed by atoms with Crippen molar-refractivity contribution in [3.63, 3.8) is 0 Å². The lowest BCUT2D eigenvalue weighted by atomic mass is 10.2. The number of fused-ring (bicyclic) bond motifs is 3. The van der Waals surface area contributed by atoms with E-state index in [1.807, 2.05) is 0 Å². The smallest absolute Gasteiger partial charge is 0.205 e. The Morgan fingerprint density at radius 2 is 2.00 bits per heavy atom. The Balaban J connectivity index is 0.00000120. The maximum absolute atomic E-state index is 4.71. The minimum absolute atomic E-state index is 0. The molecule has 98 valence electrons. The van der Waals surface area contributed by atoms with Gasteiger partial charge < -0.3 is 9.80 Å². The molecule has 1 aromatic carbocycles. The van der Waals surface area contributed by atoms with E-state index in [0.29, 0.717) is 0 Å². The highest BCUT2D eigenvalue weighted by molar-refractivity contribution is 6.16. The maximum atomic E-state index is 4.71. The highest BCUT2D eigenvalue weighted by Gasteiger charge is 2.32. The fourth-order valence-electron chi connectivity index (χ4n) is 2.62. The summed E-state index contributed by atoms with van der Waals surface area (Å²) in [6, 6.07) is 8.67. The summed E-state index contributed by atoms with van der Waals surface area (Å²) >= 11 is 0. The topological polar surface area (TPSA) is 18.8 Å². The van der Waals surface area contributed by atoms with Crippen molar-refractivity contribution >= 4 is 29.7 Å². The van der Waals surface area contributed by atoms with Gasteiger partial charge in [0.2, 0.25) is 5.96 Å². The van der Waals surface area contributed by atoms with Gasteiger partial charge >= 0.3 is 0 Å². The van der Waals surface area contributed by atoms with E-state index in [1.54, 1.807) is 0 Å². The average molecular weight is 266 g/mol. The van der Waals surface area contributed by atoms with E-state index in [4.69, 9.17) is 4.99 Å². The third-order valence-electron chi connectivity index (χ3n) is 3.47. The molecule has 3 nitrogen and oxygen atoms in total. The van der Waals surface area contributed by atoms with Gasteiger partial charge in [0.15, 0.2) is 0 Å². The molecule has 2 heterocycles. The third kappa shape index (κ3) is 2.07. The molecule has 0 spiro atoms. The van der Waals surface area contributed by atoms with Crippen molar-refractivity contribution in [3.8, 4) is 0 Å². The standard InChI is InChI=1S/C14H19N3.ClH/c1-2-3-10-16-12-7-4-5-8-13(12)17-11-6-9-15-14(16)17;/h4-5,7-8H,2-3,6,9-11H2,1H3;1H. The van der Waals surface area contributed by atoms with Gasteiger partial charge in [0.05, 0.1) is 11.4 Å². The Morgan fingerprint density at radius 3 is 2.78 bits per heavy atom. The van der Waals surface area contributed by atoms with Crippen molar-refractivity contribution < 1.29 is 0 Å². The van der Waals surface area contributed by atoms with Crippen molar-refractivity contribution in [3.05, 3.63) is 24.3 Å². The van der Waals surface area contributed by atoms with E-state index >= 15 is 0 Å². The van der Waals surface area contributed by atoms with Crippen LogP contribution in [0.1, 0.15) is 26.2 Å². The second-order valence-electron chi connectivity index (χ2n) is 4.68. The van der Waals surface area contributed by atoms with Gasteiger partial charge in [-0.05, 0) is 25.0 Å². The van der Waals surface area contributed by atoms with Crippen LogP contribution >= 0.6 is 12.4 Å². The van der Waals surface area contributed by atoms with Gasteiger partial charge in [-0.25, -0.2) is 0 Å².